The highest BCUT2D eigenvalue weighted by Crippen LogP contribution is 2.49. The number of nitrogens with zero attached hydrogens (tertiary/aromatic N) is 7. The van der Waals surface area contributed by atoms with Crippen molar-refractivity contribution >= 4 is 45.0 Å². The smallest absolute Gasteiger partial charge is 0.401 e. The first-order chi connectivity index (χ1) is 33.9. The predicted molar refractivity (Wildman–Crippen MR) is 250 cm³/mol. The third-order valence-corrected chi connectivity index (χ3v) is 13.6. The molecule has 22 heteroatoms. The van der Waals surface area contributed by atoms with Gasteiger partial charge in [0.1, 0.15) is 35.9 Å². The van der Waals surface area contributed by atoms with Gasteiger partial charge in [0, 0.05) is 73.9 Å². The molecule has 0 radical (unpaired) electrons. The Bertz CT molecular complexity index is 2860. The van der Waals surface area contributed by atoms with Crippen LogP contribution in [-0.4, -0.2) is 124 Å². The molecule has 0 saturated carbocycles. The molecule has 13 nitrogen and oxygen atoms in total. The number of carbonyl (C=O) groups is 2. The minimum absolute atomic E-state index is 0.00159. The summed E-state index contributed by atoms with van der Waals surface area (Å²) in [5.41, 5.74) is 4.37. The average Bonchev–Trinajstić information content (AvgIpc) is 3.71. The van der Waals surface area contributed by atoms with Crippen LogP contribution in [-0.2, 0) is 40.3 Å². The van der Waals surface area contributed by atoms with E-state index >= 15 is 0 Å². The quantitative estimate of drug-likeness (QED) is 0.0807. The lowest BCUT2D eigenvalue weighted by Crippen LogP contribution is -2.51. The van der Waals surface area contributed by atoms with Gasteiger partial charge in [0.15, 0.2) is 0 Å². The number of aromatic nitrogens is 4. The lowest BCUT2D eigenvalue weighted by atomic mass is 9.94. The van der Waals surface area contributed by atoms with Gasteiger partial charge in [0.2, 0.25) is 17.9 Å². The van der Waals surface area contributed by atoms with Crippen molar-refractivity contribution in [2.24, 2.45) is 0 Å². The summed E-state index contributed by atoms with van der Waals surface area (Å²) in [6.45, 7) is 3.43. The molecule has 71 heavy (non-hydrogen) atoms. The second kappa shape index (κ2) is 22.1. The molecule has 3 aromatic carbocycles. The Morgan fingerprint density at radius 2 is 1.66 bits per heavy atom. The second-order valence-electron chi connectivity index (χ2n) is 16.9. The van der Waals surface area contributed by atoms with Crippen LogP contribution in [0.1, 0.15) is 41.3 Å². The van der Waals surface area contributed by atoms with Crippen molar-refractivity contribution < 1.29 is 59.3 Å². The predicted octanol–water partition coefficient (Wildman–Crippen LogP) is 9.44. The van der Waals surface area contributed by atoms with Gasteiger partial charge in [-0.2, -0.15) is 31.3 Å². The van der Waals surface area contributed by atoms with Gasteiger partial charge in [0.05, 0.1) is 37.1 Å². The first kappa shape index (κ1) is 51.2. The zero-order valence-electron chi connectivity index (χ0n) is 38.4. The first-order valence-electron chi connectivity index (χ1n) is 22.6. The lowest BCUT2D eigenvalue weighted by molar-refractivity contribution is -0.151. The van der Waals surface area contributed by atoms with Crippen molar-refractivity contribution in [3.63, 3.8) is 0 Å². The van der Waals surface area contributed by atoms with Crippen molar-refractivity contribution in [1.82, 2.24) is 34.6 Å². The number of thiophene rings is 1. The van der Waals surface area contributed by atoms with E-state index in [1.165, 1.54) is 47.0 Å². The number of alkyl halides is 6. The molecule has 4 bridgehead atoms. The Morgan fingerprint density at radius 3 is 2.39 bits per heavy atom. The monoisotopic (exact) mass is 1030 g/mol. The van der Waals surface area contributed by atoms with Crippen LogP contribution in [0.2, 0.25) is 5.02 Å². The maximum Gasteiger partial charge on any atom is 0.401 e. The number of ether oxygens (including phenoxy) is 4. The molecule has 3 aliphatic rings. The number of amides is 1. The highest BCUT2D eigenvalue weighted by atomic mass is 35.5. The van der Waals surface area contributed by atoms with Gasteiger partial charge in [-0.15, -0.1) is 11.3 Å². The fraction of sp³-hybridized carbons (Fsp3) is 0.388. The zero-order chi connectivity index (χ0) is 50.5. The molecule has 1 saturated heterocycles. The summed E-state index contributed by atoms with van der Waals surface area (Å²) in [7, 11) is 0. The molecule has 0 spiro atoms. The van der Waals surface area contributed by atoms with Crippen LogP contribution in [0.3, 0.4) is 0 Å². The van der Waals surface area contributed by atoms with Crippen LogP contribution in [0.15, 0.2) is 73.2 Å². The molecule has 9 rings (SSSR count). The Morgan fingerprint density at radius 1 is 0.901 bits per heavy atom. The van der Waals surface area contributed by atoms with Gasteiger partial charge in [-0.05, 0) is 71.5 Å². The van der Waals surface area contributed by atoms with Crippen LogP contribution < -0.4 is 14.2 Å². The zero-order valence-corrected chi connectivity index (χ0v) is 40.0. The normalized spacial score (nSPS) is 16.2. The maximum atomic E-state index is 14.6. The summed E-state index contributed by atoms with van der Waals surface area (Å²) in [6.07, 6.45) is -9.00. The van der Waals surface area contributed by atoms with Crippen molar-refractivity contribution in [3.05, 3.63) is 112 Å². The molecule has 1 fully saturated rings. The molecule has 6 heterocycles. The molecule has 0 unspecified atom stereocenters. The first-order valence-corrected chi connectivity index (χ1v) is 23.8. The van der Waals surface area contributed by atoms with Gasteiger partial charge in [-0.25, -0.2) is 24.1 Å². The second-order valence-corrected chi connectivity index (χ2v) is 18.3. The molecular weight excluding hydrogens is 983 g/mol. The minimum atomic E-state index is -4.44. The summed E-state index contributed by atoms with van der Waals surface area (Å²) in [5.74, 6) is -1.19. The molecule has 1 amide bonds. The standard InChI is InChI=1S/C49H47ClF7N7O6S/c1-3-67-46(66)38-24-33-22-30(4-11-37(33)69-26-35-12-14-58-47(61-35)68-21-13-48(52,53)54)23-39(65)64(20-19-62-15-17-63(18-16-62)27-49(55,56)57)25-32-7-10-36(29(2)42(32)50)40-41-44(70-38)59-28-60-45(41)71-43(40)31-5-8-34(51)9-6-31/h4-12,14,22,28,38H,3,13,15-21,23-27H2,1-2H3/t38-/m1/s1. The average molecular weight is 1030 g/mol. The van der Waals surface area contributed by atoms with E-state index in [0.717, 1.165) is 0 Å². The highest BCUT2D eigenvalue weighted by Gasteiger charge is 2.34. The number of hydrogen-bond acceptors (Lipinski definition) is 13. The number of esters is 1. The van der Waals surface area contributed by atoms with E-state index in [2.05, 4.69) is 19.9 Å². The van der Waals surface area contributed by atoms with Crippen molar-refractivity contribution in [2.75, 3.05) is 59.0 Å². The Labute approximate surface area is 412 Å². The molecule has 0 N–H and O–H groups in total. The summed E-state index contributed by atoms with van der Waals surface area (Å²) in [6, 6.07) is 15.9. The molecule has 0 aliphatic carbocycles. The summed E-state index contributed by atoms with van der Waals surface area (Å²) < 4.78 is 116. The number of halogens is 8. The topological polar surface area (TPSA) is 132 Å². The number of hydrogen-bond donors (Lipinski definition) is 0. The SMILES string of the molecule is CCOC(=O)[C@H]1Cc2cc(ccc2OCc2ccnc(OCCC(F)(F)F)n2)CC(=O)N(CCN2CCN(CC(F)(F)F)CC2)Cc2ccc(c(C)c2Cl)-c2c(-c3ccc(F)cc3)sc3ncnc(c23)O1. The van der Waals surface area contributed by atoms with E-state index < -0.39 is 49.8 Å². The summed E-state index contributed by atoms with van der Waals surface area (Å²) >= 11 is 8.57. The number of fused-ring (bicyclic) bond motifs is 7. The third-order valence-electron chi connectivity index (χ3n) is 11.9. The van der Waals surface area contributed by atoms with E-state index in [4.69, 9.17) is 30.5 Å². The Balaban J connectivity index is 1.20. The van der Waals surface area contributed by atoms with Crippen LogP contribution in [0.4, 0.5) is 30.7 Å². The van der Waals surface area contributed by atoms with Gasteiger partial charge in [0.25, 0.3) is 0 Å². The molecule has 376 valence electrons. The van der Waals surface area contributed by atoms with Crippen LogP contribution in [0, 0.1) is 12.7 Å². The van der Waals surface area contributed by atoms with E-state index in [0.29, 0.717) is 78.7 Å². The van der Waals surface area contributed by atoms with E-state index in [1.807, 2.05) is 24.0 Å². The van der Waals surface area contributed by atoms with Gasteiger partial charge in [-0.1, -0.05) is 48.0 Å². The molecular formula is C49H47ClF7N7O6S. The van der Waals surface area contributed by atoms with Crippen LogP contribution in [0.25, 0.3) is 31.8 Å². The van der Waals surface area contributed by atoms with Crippen LogP contribution in [0.5, 0.6) is 17.6 Å². The van der Waals surface area contributed by atoms with E-state index in [-0.39, 0.29) is 81.5 Å². The molecule has 1 atom stereocenters. The van der Waals surface area contributed by atoms with E-state index in [1.54, 1.807) is 42.2 Å². The van der Waals surface area contributed by atoms with Crippen molar-refractivity contribution in [2.45, 2.75) is 64.7 Å². The fourth-order valence-corrected chi connectivity index (χ4v) is 9.76. The number of benzene rings is 3. The highest BCUT2D eigenvalue weighted by molar-refractivity contribution is 7.22. The van der Waals surface area contributed by atoms with Gasteiger partial charge < -0.3 is 23.8 Å². The Kier molecular flexibility index (Phi) is 15.9. The molecule has 3 aromatic heterocycles. The van der Waals surface area contributed by atoms with Crippen molar-refractivity contribution in [3.8, 4) is 39.2 Å². The lowest BCUT2D eigenvalue weighted by Gasteiger charge is -2.36. The molecule has 3 aliphatic heterocycles. The third kappa shape index (κ3) is 13.0. The summed E-state index contributed by atoms with van der Waals surface area (Å²) in [5, 5.41) is 0.808. The minimum Gasteiger partial charge on any atom is -0.487 e. The largest absolute Gasteiger partial charge is 0.487 e. The fourth-order valence-electron chi connectivity index (χ4n) is 8.38. The number of rotatable bonds is 13. The number of piperazine rings is 1. The number of carbonyl (C=O) groups excluding carboxylic acids is 2. The summed E-state index contributed by atoms with van der Waals surface area (Å²) in [4.78, 5) is 52.1. The van der Waals surface area contributed by atoms with Crippen LogP contribution >= 0.6 is 22.9 Å². The maximum absolute atomic E-state index is 14.6. The van der Waals surface area contributed by atoms with Crippen molar-refractivity contribution in [1.29, 1.82) is 0 Å². The Hall–Kier alpha value is -6.16. The molecule has 6 aromatic rings. The van der Waals surface area contributed by atoms with Gasteiger partial charge >= 0.3 is 24.3 Å². The van der Waals surface area contributed by atoms with E-state index in [9.17, 15) is 40.3 Å². The van der Waals surface area contributed by atoms with Gasteiger partial charge in [-0.3, -0.25) is 14.6 Å².